The minimum atomic E-state index is -1.08. The van der Waals surface area contributed by atoms with E-state index in [1.165, 1.54) is 43.6 Å². The molecule has 0 radical (unpaired) electrons. The van der Waals surface area contributed by atoms with Gasteiger partial charge in [-0.15, -0.1) is 23.5 Å². The van der Waals surface area contributed by atoms with Crippen molar-refractivity contribution in [1.82, 2.24) is 0 Å². The summed E-state index contributed by atoms with van der Waals surface area (Å²) in [7, 11) is 0. The third kappa shape index (κ3) is 2.42. The van der Waals surface area contributed by atoms with E-state index in [2.05, 4.69) is 43.4 Å². The summed E-state index contributed by atoms with van der Waals surface area (Å²) in [6, 6.07) is 0. The van der Waals surface area contributed by atoms with Gasteiger partial charge in [-0.3, -0.25) is 4.79 Å². The highest BCUT2D eigenvalue weighted by molar-refractivity contribution is 8.21. The lowest BCUT2D eigenvalue weighted by atomic mass is 9.46. The van der Waals surface area contributed by atoms with Gasteiger partial charge in [0.15, 0.2) is 5.78 Å². The summed E-state index contributed by atoms with van der Waals surface area (Å²) in [5.74, 6) is 4.58. The average Bonchev–Trinajstić information content (AvgIpc) is 3.19. The molecule has 0 aromatic rings. The quantitative estimate of drug-likeness (QED) is 0.463. The smallest absolute Gasteiger partial charge is 0.161 e. The maximum atomic E-state index is 12.4. The molecule has 0 unspecified atom stereocenters. The third-order valence-electron chi connectivity index (χ3n) is 9.63. The number of carbonyl (C=O) groups is 1. The topological polar surface area (TPSA) is 37.3 Å². The first-order valence-electron chi connectivity index (χ1n) is 11.0. The molecule has 6 atom stereocenters. The number of hydrogen-bond donors (Lipinski definition) is 1. The molecule has 0 amide bonds. The Kier molecular flexibility index (Phi) is 4.27. The van der Waals surface area contributed by atoms with Crippen molar-refractivity contribution in [3.8, 4) is 0 Å². The summed E-state index contributed by atoms with van der Waals surface area (Å²) in [6.45, 7) is 6.40. The molecule has 1 aliphatic heterocycles. The normalized spacial score (nSPS) is 50.7. The van der Waals surface area contributed by atoms with E-state index in [-0.39, 0.29) is 11.2 Å². The number of ketones is 1. The van der Waals surface area contributed by atoms with Crippen LogP contribution in [0.3, 0.4) is 0 Å². The van der Waals surface area contributed by atoms with Gasteiger partial charge in [0, 0.05) is 16.9 Å². The first-order chi connectivity index (χ1) is 12.7. The number of hydrogen-bond acceptors (Lipinski definition) is 4. The number of Topliss-reactive ketones (excluding diaryl/α,β-unsaturated/α-hetero) is 1. The molecule has 1 spiro atoms. The zero-order valence-corrected chi connectivity index (χ0v) is 18.7. The molecule has 4 aliphatic carbocycles. The molecule has 1 saturated heterocycles. The lowest BCUT2D eigenvalue weighted by Gasteiger charge is -2.59. The van der Waals surface area contributed by atoms with Crippen molar-refractivity contribution in [1.29, 1.82) is 0 Å². The van der Waals surface area contributed by atoms with Crippen LogP contribution in [0.2, 0.25) is 0 Å². The van der Waals surface area contributed by atoms with E-state index in [0.717, 1.165) is 18.8 Å². The van der Waals surface area contributed by atoms with Gasteiger partial charge in [-0.05, 0) is 81.5 Å². The summed E-state index contributed by atoms with van der Waals surface area (Å²) in [4.78, 5) is 12.4. The van der Waals surface area contributed by atoms with Gasteiger partial charge in [-0.1, -0.05) is 25.5 Å². The minimum absolute atomic E-state index is 0.00319. The molecule has 0 bridgehead atoms. The molecule has 3 saturated carbocycles. The van der Waals surface area contributed by atoms with Crippen molar-refractivity contribution < 1.29 is 9.90 Å². The zero-order chi connectivity index (χ0) is 19.1. The first kappa shape index (κ1) is 19.1. The molecule has 1 heterocycles. The average molecular weight is 408 g/mol. The van der Waals surface area contributed by atoms with Crippen LogP contribution in [0.15, 0.2) is 11.6 Å². The maximum absolute atomic E-state index is 12.4. The van der Waals surface area contributed by atoms with Crippen molar-refractivity contribution in [2.45, 2.75) is 81.8 Å². The summed E-state index contributed by atoms with van der Waals surface area (Å²) in [5, 5.41) is 11.3. The Bertz CT molecular complexity index is 696. The van der Waals surface area contributed by atoms with Gasteiger partial charge in [0.25, 0.3) is 0 Å². The van der Waals surface area contributed by atoms with Crippen molar-refractivity contribution in [3.05, 3.63) is 11.6 Å². The Morgan fingerprint density at radius 1 is 1.04 bits per heavy atom. The summed E-state index contributed by atoms with van der Waals surface area (Å²) in [5.41, 5.74) is 0.828. The van der Waals surface area contributed by atoms with Gasteiger partial charge in [0.05, 0.1) is 4.08 Å². The molecule has 5 rings (SSSR count). The number of carbonyl (C=O) groups excluding carboxylic acids is 1. The highest BCUT2D eigenvalue weighted by Crippen LogP contribution is 2.69. The standard InChI is InChI=1S/C23H34O2S2/c1-15(24)23(25)9-7-19-17-5-4-16-14-22(26-12-13-27-22)11-10-20(16,2)18(17)6-8-21(19,23)3/h14,17-19,25H,4-13H2,1-3H3/t17-,18+,19+,20+,21+,23+/m1/s1/i15+1. The van der Waals surface area contributed by atoms with Crippen LogP contribution in [0.1, 0.15) is 72.1 Å². The minimum Gasteiger partial charge on any atom is -0.382 e. The van der Waals surface area contributed by atoms with Crippen molar-refractivity contribution in [2.75, 3.05) is 11.5 Å². The van der Waals surface area contributed by atoms with E-state index in [0.29, 0.717) is 27.8 Å². The molecular formula is C23H34O2S2. The number of thioether (sulfide) groups is 2. The largest absolute Gasteiger partial charge is 0.382 e. The van der Waals surface area contributed by atoms with E-state index < -0.39 is 5.60 Å². The molecule has 2 nitrogen and oxygen atoms in total. The van der Waals surface area contributed by atoms with Crippen molar-refractivity contribution in [3.63, 3.8) is 0 Å². The van der Waals surface area contributed by atoms with Gasteiger partial charge in [0.1, 0.15) is 5.60 Å². The Balaban J connectivity index is 1.47. The van der Waals surface area contributed by atoms with Crippen molar-refractivity contribution >= 4 is 29.3 Å². The molecule has 150 valence electrons. The number of rotatable bonds is 1. The first-order valence-corrected chi connectivity index (χ1v) is 12.9. The predicted molar refractivity (Wildman–Crippen MR) is 115 cm³/mol. The lowest BCUT2D eigenvalue weighted by molar-refractivity contribution is -0.159. The fourth-order valence-electron chi connectivity index (χ4n) is 7.97. The lowest BCUT2D eigenvalue weighted by Crippen LogP contribution is -2.57. The number of fused-ring (bicyclic) bond motifs is 5. The molecule has 1 N–H and O–H groups in total. The monoisotopic (exact) mass is 407 g/mol. The Morgan fingerprint density at radius 2 is 1.74 bits per heavy atom. The fourth-order valence-corrected chi connectivity index (χ4v) is 11.1. The molecule has 0 aromatic heterocycles. The van der Waals surface area contributed by atoms with Crippen LogP contribution in [-0.4, -0.2) is 32.1 Å². The van der Waals surface area contributed by atoms with E-state index in [1.807, 2.05) is 0 Å². The highest BCUT2D eigenvalue weighted by atomic mass is 32.2. The fraction of sp³-hybridized carbons (Fsp3) is 0.870. The summed E-state index contributed by atoms with van der Waals surface area (Å²) >= 11 is 4.37. The van der Waals surface area contributed by atoms with E-state index in [4.69, 9.17) is 0 Å². The molecule has 5 aliphatic rings. The van der Waals surface area contributed by atoms with Gasteiger partial charge >= 0.3 is 0 Å². The van der Waals surface area contributed by atoms with Gasteiger partial charge in [-0.2, -0.15) is 0 Å². The Morgan fingerprint density at radius 3 is 2.44 bits per heavy atom. The second kappa shape index (κ2) is 6.04. The van der Waals surface area contributed by atoms with Crippen molar-refractivity contribution in [2.24, 2.45) is 28.6 Å². The van der Waals surface area contributed by atoms with Gasteiger partial charge in [-0.25, -0.2) is 0 Å². The van der Waals surface area contributed by atoms with E-state index in [9.17, 15) is 9.90 Å². The Labute approximate surface area is 172 Å². The second-order valence-electron chi connectivity index (χ2n) is 10.4. The molecular weight excluding hydrogens is 373 g/mol. The third-order valence-corrected chi connectivity index (χ3v) is 13.0. The van der Waals surface area contributed by atoms with Gasteiger partial charge in [0.2, 0.25) is 0 Å². The maximum Gasteiger partial charge on any atom is 0.161 e. The van der Waals surface area contributed by atoms with Crippen LogP contribution < -0.4 is 0 Å². The van der Waals surface area contributed by atoms with Gasteiger partial charge < -0.3 is 5.11 Å². The molecule has 4 fully saturated rings. The number of aliphatic hydroxyl groups is 1. The SMILES string of the molecule is C[13C](=O)[C@@]1(O)CC[C@H]2[C@@H]3CCC4=CC5(CC[C@]4(C)[C@H]3CC[C@@]21C)SCCS5. The highest BCUT2D eigenvalue weighted by Gasteiger charge is 2.65. The van der Waals surface area contributed by atoms with Crippen LogP contribution in [0.4, 0.5) is 0 Å². The van der Waals surface area contributed by atoms with Crippen LogP contribution in [0.25, 0.3) is 0 Å². The van der Waals surface area contributed by atoms with Crippen LogP contribution in [-0.2, 0) is 4.79 Å². The van der Waals surface area contributed by atoms with Crippen LogP contribution in [0, 0.1) is 28.6 Å². The number of allylic oxidation sites excluding steroid dienone is 1. The predicted octanol–water partition coefficient (Wildman–Crippen LogP) is 5.45. The Hall–Kier alpha value is 0.0700. The summed E-state index contributed by atoms with van der Waals surface area (Å²) < 4.78 is 0.382. The van der Waals surface area contributed by atoms with Crippen LogP contribution in [0.5, 0.6) is 0 Å². The molecule has 27 heavy (non-hydrogen) atoms. The van der Waals surface area contributed by atoms with E-state index in [1.54, 1.807) is 12.5 Å². The molecule has 4 heteroatoms. The second-order valence-corrected chi connectivity index (χ2v) is 13.5. The van der Waals surface area contributed by atoms with Crippen LogP contribution >= 0.6 is 23.5 Å². The summed E-state index contributed by atoms with van der Waals surface area (Å²) in [6.07, 6.45) is 11.8. The van der Waals surface area contributed by atoms with E-state index >= 15 is 0 Å². The zero-order valence-electron chi connectivity index (χ0n) is 17.1. The molecule has 0 aromatic carbocycles.